The van der Waals surface area contributed by atoms with Crippen molar-refractivity contribution in [2.24, 2.45) is 5.92 Å². The van der Waals surface area contributed by atoms with Crippen LogP contribution in [0.5, 0.6) is 0 Å². The molecule has 1 N–H and O–H groups in total. The monoisotopic (exact) mass is 355 g/mol. The lowest BCUT2D eigenvalue weighted by Gasteiger charge is -2.20. The van der Waals surface area contributed by atoms with Gasteiger partial charge in [0, 0.05) is 11.4 Å². The third kappa shape index (κ3) is 3.94. The lowest BCUT2D eigenvalue weighted by molar-refractivity contribution is -0.140. The van der Waals surface area contributed by atoms with E-state index < -0.39 is 29.0 Å². The second-order valence-electron chi connectivity index (χ2n) is 4.64. The molecule has 1 aromatic rings. The zero-order chi connectivity index (χ0) is 15.5. The third-order valence-electron chi connectivity index (χ3n) is 2.84. The number of benzene rings is 1. The largest absolute Gasteiger partial charge is 0.419 e. The van der Waals surface area contributed by atoms with E-state index in [0.717, 1.165) is 12.1 Å². The molecule has 1 rings (SSSR count). The number of halogens is 5. The smallest absolute Gasteiger partial charge is 0.348 e. The highest BCUT2D eigenvalue weighted by atomic mass is 79.9. The number of rotatable bonds is 4. The predicted octanol–water partition coefficient (Wildman–Crippen LogP) is 3.99. The highest BCUT2D eigenvalue weighted by molar-refractivity contribution is 9.09. The van der Waals surface area contributed by atoms with E-state index in [9.17, 15) is 22.4 Å². The van der Waals surface area contributed by atoms with E-state index in [4.69, 9.17) is 0 Å². The molecule has 0 aliphatic heterocycles. The maximum absolute atomic E-state index is 13.8. The Balaban J connectivity index is 3.06. The molecule has 0 spiro atoms. The first-order valence-corrected chi connectivity index (χ1v) is 7.03. The van der Waals surface area contributed by atoms with E-state index in [1.165, 1.54) is 0 Å². The Bertz CT molecular complexity index is 488. The quantitative estimate of drug-likeness (QED) is 0.642. The maximum atomic E-state index is 13.8. The van der Waals surface area contributed by atoms with Crippen molar-refractivity contribution in [2.45, 2.75) is 26.1 Å². The summed E-state index contributed by atoms with van der Waals surface area (Å²) in [7, 11) is 0. The van der Waals surface area contributed by atoms with Crippen molar-refractivity contribution in [2.75, 3.05) is 5.33 Å². The van der Waals surface area contributed by atoms with Crippen LogP contribution >= 0.6 is 15.9 Å². The number of hydrogen-bond acceptors (Lipinski definition) is 1. The standard InChI is InChI=1S/C13H14BrF4NO/c1-7(2)10(6-14)19-12(20)8-4-3-5-9(11(8)15)13(16,17)18/h3-5,7,10H,6H2,1-2H3,(H,19,20). The van der Waals surface area contributed by atoms with Gasteiger partial charge in [-0.1, -0.05) is 35.8 Å². The van der Waals surface area contributed by atoms with Gasteiger partial charge < -0.3 is 5.32 Å². The molecule has 0 bridgehead atoms. The van der Waals surface area contributed by atoms with Crippen molar-refractivity contribution in [3.63, 3.8) is 0 Å². The van der Waals surface area contributed by atoms with Crippen LogP contribution in [0, 0.1) is 11.7 Å². The Morgan fingerprint density at radius 3 is 2.40 bits per heavy atom. The molecule has 7 heteroatoms. The molecule has 0 fully saturated rings. The predicted molar refractivity (Wildman–Crippen MR) is 71.3 cm³/mol. The second-order valence-corrected chi connectivity index (χ2v) is 5.29. The third-order valence-corrected chi connectivity index (χ3v) is 3.53. The number of alkyl halides is 4. The summed E-state index contributed by atoms with van der Waals surface area (Å²) >= 11 is 3.19. The van der Waals surface area contributed by atoms with Gasteiger partial charge in [-0.05, 0) is 18.1 Å². The highest BCUT2D eigenvalue weighted by Crippen LogP contribution is 2.32. The van der Waals surface area contributed by atoms with Crippen molar-refractivity contribution in [3.05, 3.63) is 35.1 Å². The summed E-state index contributed by atoms with van der Waals surface area (Å²) in [6.45, 7) is 3.68. The molecule has 20 heavy (non-hydrogen) atoms. The summed E-state index contributed by atoms with van der Waals surface area (Å²) < 4.78 is 51.5. The van der Waals surface area contributed by atoms with E-state index in [-0.39, 0.29) is 12.0 Å². The van der Waals surface area contributed by atoms with Crippen molar-refractivity contribution in [3.8, 4) is 0 Å². The van der Waals surface area contributed by atoms with Gasteiger partial charge in [-0.15, -0.1) is 0 Å². The summed E-state index contributed by atoms with van der Waals surface area (Å²) in [6, 6.07) is 2.36. The van der Waals surface area contributed by atoms with Crippen LogP contribution < -0.4 is 5.32 Å². The van der Waals surface area contributed by atoms with E-state index in [0.29, 0.717) is 11.4 Å². The summed E-state index contributed by atoms with van der Waals surface area (Å²) in [5.41, 5.74) is -2.04. The van der Waals surface area contributed by atoms with Gasteiger partial charge in [-0.2, -0.15) is 13.2 Å². The van der Waals surface area contributed by atoms with E-state index in [2.05, 4.69) is 21.2 Å². The zero-order valence-electron chi connectivity index (χ0n) is 10.9. The second kappa shape index (κ2) is 6.56. The minimum Gasteiger partial charge on any atom is -0.348 e. The fraction of sp³-hybridized carbons (Fsp3) is 0.462. The molecule has 0 radical (unpaired) electrons. The van der Waals surface area contributed by atoms with Crippen LogP contribution in [0.4, 0.5) is 17.6 Å². The molecule has 0 saturated heterocycles. The summed E-state index contributed by atoms with van der Waals surface area (Å²) in [4.78, 5) is 11.9. The molecule has 0 aliphatic carbocycles. The Kier molecular flexibility index (Phi) is 5.56. The molecule has 1 unspecified atom stereocenters. The fourth-order valence-corrected chi connectivity index (χ4v) is 2.47. The van der Waals surface area contributed by atoms with Crippen LogP contribution in [0.25, 0.3) is 0 Å². The molecule has 1 atom stereocenters. The van der Waals surface area contributed by atoms with Crippen LogP contribution in [0.3, 0.4) is 0 Å². The average molecular weight is 356 g/mol. The SMILES string of the molecule is CC(C)C(CBr)NC(=O)c1cccc(C(F)(F)F)c1F. The van der Waals surface area contributed by atoms with Gasteiger partial charge in [-0.3, -0.25) is 4.79 Å². The van der Waals surface area contributed by atoms with E-state index in [1.54, 1.807) is 0 Å². The molecule has 112 valence electrons. The Hall–Kier alpha value is -1.11. The Morgan fingerprint density at radius 2 is 1.95 bits per heavy atom. The molecule has 0 heterocycles. The molecule has 2 nitrogen and oxygen atoms in total. The fourth-order valence-electron chi connectivity index (χ4n) is 1.56. The molecular formula is C13H14BrF4NO. The summed E-state index contributed by atoms with van der Waals surface area (Å²) in [5.74, 6) is -2.34. The average Bonchev–Trinajstić information content (AvgIpc) is 2.34. The van der Waals surface area contributed by atoms with Crippen molar-refractivity contribution in [1.29, 1.82) is 0 Å². The van der Waals surface area contributed by atoms with Gasteiger partial charge in [-0.25, -0.2) is 4.39 Å². The Labute approximate surface area is 122 Å². The lowest BCUT2D eigenvalue weighted by atomic mass is 10.0. The van der Waals surface area contributed by atoms with Crippen LogP contribution in [0.2, 0.25) is 0 Å². The van der Waals surface area contributed by atoms with Gasteiger partial charge in [0.15, 0.2) is 0 Å². The molecule has 0 saturated carbocycles. The van der Waals surface area contributed by atoms with Crippen molar-refractivity contribution >= 4 is 21.8 Å². The molecule has 0 aliphatic rings. The van der Waals surface area contributed by atoms with Crippen molar-refractivity contribution < 1.29 is 22.4 Å². The number of carbonyl (C=O) groups excluding carboxylic acids is 1. The van der Waals surface area contributed by atoms with Crippen LogP contribution in [0.15, 0.2) is 18.2 Å². The van der Waals surface area contributed by atoms with Gasteiger partial charge in [0.25, 0.3) is 5.91 Å². The minimum absolute atomic E-state index is 0.0622. The number of carbonyl (C=O) groups is 1. The molecular weight excluding hydrogens is 342 g/mol. The van der Waals surface area contributed by atoms with E-state index in [1.807, 2.05) is 13.8 Å². The zero-order valence-corrected chi connectivity index (χ0v) is 12.5. The number of nitrogens with one attached hydrogen (secondary N) is 1. The highest BCUT2D eigenvalue weighted by Gasteiger charge is 2.35. The topological polar surface area (TPSA) is 29.1 Å². The van der Waals surface area contributed by atoms with Crippen LogP contribution in [-0.2, 0) is 6.18 Å². The molecule has 0 aromatic heterocycles. The van der Waals surface area contributed by atoms with Crippen LogP contribution in [-0.4, -0.2) is 17.3 Å². The molecule has 1 aromatic carbocycles. The number of amides is 1. The van der Waals surface area contributed by atoms with Crippen molar-refractivity contribution in [1.82, 2.24) is 5.32 Å². The summed E-state index contributed by atoms with van der Waals surface area (Å²) in [6.07, 6.45) is -4.83. The van der Waals surface area contributed by atoms with Gasteiger partial charge in [0.2, 0.25) is 0 Å². The number of hydrogen-bond donors (Lipinski definition) is 1. The van der Waals surface area contributed by atoms with Gasteiger partial charge in [0.1, 0.15) is 5.82 Å². The van der Waals surface area contributed by atoms with Crippen LogP contribution in [0.1, 0.15) is 29.8 Å². The minimum atomic E-state index is -4.83. The summed E-state index contributed by atoms with van der Waals surface area (Å²) in [5, 5.41) is 2.94. The first-order valence-electron chi connectivity index (χ1n) is 5.91. The molecule has 1 amide bonds. The lowest BCUT2D eigenvalue weighted by Crippen LogP contribution is -2.40. The normalized spacial score (nSPS) is 13.4. The van der Waals surface area contributed by atoms with E-state index >= 15 is 0 Å². The first-order chi connectivity index (χ1) is 9.18. The first kappa shape index (κ1) is 16.9. The maximum Gasteiger partial charge on any atom is 0.419 e. The Morgan fingerprint density at radius 1 is 1.35 bits per heavy atom. The van der Waals surface area contributed by atoms with Gasteiger partial charge in [0.05, 0.1) is 11.1 Å². The van der Waals surface area contributed by atoms with Gasteiger partial charge >= 0.3 is 6.18 Å².